The highest BCUT2D eigenvalue weighted by Gasteiger charge is 2.33. The number of nitrogens with two attached hydrogens (primary N) is 1. The van der Waals surface area contributed by atoms with Crippen LogP contribution in [-0.4, -0.2) is 73.6 Å². The average molecular weight is 493 g/mol. The van der Waals surface area contributed by atoms with Crippen molar-refractivity contribution in [2.75, 3.05) is 44.2 Å². The Morgan fingerprint density at radius 1 is 0.972 bits per heavy atom. The Kier molecular flexibility index (Phi) is 8.44. The van der Waals surface area contributed by atoms with Gasteiger partial charge in [-0.15, -0.1) is 0 Å². The number of benzene rings is 2. The largest absolute Gasteiger partial charge is 0.372 e. The molecule has 2 saturated heterocycles. The lowest BCUT2D eigenvalue weighted by molar-refractivity contribution is -0.131. The van der Waals surface area contributed by atoms with Crippen molar-refractivity contribution in [2.45, 2.75) is 57.8 Å². The number of morpholine rings is 1. The highest BCUT2D eigenvalue weighted by atomic mass is 16.5. The van der Waals surface area contributed by atoms with Crippen molar-refractivity contribution in [3.8, 4) is 0 Å². The Hall–Kier alpha value is -2.74. The minimum absolute atomic E-state index is 0.0433. The summed E-state index contributed by atoms with van der Waals surface area (Å²) in [6.45, 7) is 11.0. The quantitative estimate of drug-likeness (QED) is 0.551. The third-order valence-electron chi connectivity index (χ3n) is 7.36. The van der Waals surface area contributed by atoms with E-state index in [2.05, 4.69) is 24.1 Å². The minimum atomic E-state index is -0.984. The van der Waals surface area contributed by atoms with Crippen molar-refractivity contribution in [1.29, 1.82) is 0 Å². The summed E-state index contributed by atoms with van der Waals surface area (Å²) < 4.78 is 5.84. The van der Waals surface area contributed by atoms with E-state index in [1.165, 1.54) is 0 Å². The van der Waals surface area contributed by atoms with E-state index in [0.29, 0.717) is 24.8 Å². The van der Waals surface area contributed by atoms with Crippen LogP contribution in [0.25, 0.3) is 0 Å². The van der Waals surface area contributed by atoms with E-state index in [9.17, 15) is 9.59 Å². The van der Waals surface area contributed by atoms with E-state index in [-0.39, 0.29) is 23.9 Å². The Bertz CT molecular complexity index is 1020. The molecule has 3 atom stereocenters. The number of Topliss-reactive ketones (excluding diaryl/α,β-unsaturated/α-hetero) is 1. The average Bonchev–Trinajstić information content (AvgIpc) is 2.89. The molecule has 2 aromatic carbocycles. The number of anilines is 1. The zero-order valence-electron chi connectivity index (χ0n) is 21.8. The summed E-state index contributed by atoms with van der Waals surface area (Å²) in [5.41, 5.74) is 9.42. The first-order chi connectivity index (χ1) is 17.3. The molecule has 2 aliphatic rings. The first kappa shape index (κ1) is 26.3. The van der Waals surface area contributed by atoms with Crippen LogP contribution in [0.2, 0.25) is 0 Å². The summed E-state index contributed by atoms with van der Waals surface area (Å²) in [6.07, 6.45) is 1.74. The molecule has 2 heterocycles. The Balaban J connectivity index is 1.39. The number of rotatable bonds is 8. The predicted molar refractivity (Wildman–Crippen MR) is 144 cm³/mol. The van der Waals surface area contributed by atoms with Crippen LogP contribution in [0.4, 0.5) is 5.69 Å². The normalized spacial score (nSPS) is 22.2. The fourth-order valence-electron chi connectivity index (χ4n) is 5.21. The summed E-state index contributed by atoms with van der Waals surface area (Å²) in [4.78, 5) is 30.2. The highest BCUT2D eigenvalue weighted by molar-refractivity contribution is 6.03. The van der Waals surface area contributed by atoms with Gasteiger partial charge in [0.15, 0.2) is 5.78 Å². The number of carbonyl (C=O) groups excluding carboxylic acids is 2. The number of hydrogen-bond donors (Lipinski definition) is 2. The van der Waals surface area contributed by atoms with E-state index < -0.39 is 5.54 Å². The smallest absolute Gasteiger partial charge is 0.227 e. The summed E-state index contributed by atoms with van der Waals surface area (Å²) in [6, 6.07) is 15.8. The predicted octanol–water partition coefficient (Wildman–Crippen LogP) is 2.81. The van der Waals surface area contributed by atoms with Gasteiger partial charge in [-0.1, -0.05) is 31.2 Å². The number of hydrogen-bond acceptors (Lipinski definition) is 6. The van der Waals surface area contributed by atoms with Crippen LogP contribution in [0.15, 0.2) is 48.5 Å². The molecule has 2 aliphatic heterocycles. The van der Waals surface area contributed by atoms with E-state index in [1.807, 2.05) is 60.4 Å². The number of piperazine rings is 1. The first-order valence-electron chi connectivity index (χ1n) is 13.2. The monoisotopic (exact) mass is 492 g/mol. The van der Waals surface area contributed by atoms with Crippen LogP contribution in [0, 0.1) is 0 Å². The molecule has 3 unspecified atom stereocenters. The molecule has 7 heteroatoms. The van der Waals surface area contributed by atoms with Gasteiger partial charge in [-0.3, -0.25) is 9.59 Å². The van der Waals surface area contributed by atoms with Crippen molar-refractivity contribution in [3.63, 3.8) is 0 Å². The van der Waals surface area contributed by atoms with Gasteiger partial charge >= 0.3 is 0 Å². The van der Waals surface area contributed by atoms with Crippen molar-refractivity contribution >= 4 is 17.4 Å². The lowest BCUT2D eigenvalue weighted by atomic mass is 9.82. The molecule has 4 rings (SSSR count). The molecule has 1 amide bonds. The van der Waals surface area contributed by atoms with Gasteiger partial charge in [-0.2, -0.15) is 0 Å². The second kappa shape index (κ2) is 11.5. The van der Waals surface area contributed by atoms with Crippen LogP contribution in [0.5, 0.6) is 0 Å². The number of carbonyl (C=O) groups is 2. The van der Waals surface area contributed by atoms with Crippen LogP contribution in [0.1, 0.15) is 48.7 Å². The van der Waals surface area contributed by atoms with Crippen LogP contribution < -0.4 is 16.0 Å². The summed E-state index contributed by atoms with van der Waals surface area (Å²) in [7, 11) is 0. The highest BCUT2D eigenvalue weighted by Crippen LogP contribution is 2.25. The van der Waals surface area contributed by atoms with Crippen molar-refractivity contribution < 1.29 is 14.3 Å². The minimum Gasteiger partial charge on any atom is -0.372 e. The van der Waals surface area contributed by atoms with Gasteiger partial charge in [-0.25, -0.2) is 0 Å². The van der Waals surface area contributed by atoms with E-state index in [0.717, 1.165) is 56.1 Å². The summed E-state index contributed by atoms with van der Waals surface area (Å²) in [5.74, 6) is 0.115. The maximum Gasteiger partial charge on any atom is 0.227 e. The van der Waals surface area contributed by atoms with Crippen molar-refractivity contribution in [1.82, 2.24) is 10.2 Å². The van der Waals surface area contributed by atoms with E-state index >= 15 is 0 Å². The Morgan fingerprint density at radius 3 is 2.14 bits per heavy atom. The number of amides is 1. The number of ether oxygens (including phenoxy) is 1. The molecule has 0 radical (unpaired) electrons. The number of nitrogens with zero attached hydrogens (tertiary/aromatic N) is 2. The van der Waals surface area contributed by atoms with Crippen LogP contribution >= 0.6 is 0 Å². The lowest BCUT2D eigenvalue weighted by Gasteiger charge is -2.37. The van der Waals surface area contributed by atoms with E-state index in [4.69, 9.17) is 10.5 Å². The molecule has 0 saturated carbocycles. The molecular formula is C29H40N4O3. The molecule has 0 aliphatic carbocycles. The number of ketones is 1. The van der Waals surface area contributed by atoms with Gasteiger partial charge in [-0.05, 0) is 62.1 Å². The van der Waals surface area contributed by atoms with Gasteiger partial charge < -0.3 is 25.6 Å². The molecule has 0 bridgehead atoms. The summed E-state index contributed by atoms with van der Waals surface area (Å²) >= 11 is 0. The number of nitrogens with one attached hydrogen (secondary N) is 1. The fraction of sp³-hybridized carbons (Fsp3) is 0.517. The van der Waals surface area contributed by atoms with Gasteiger partial charge in [0.25, 0.3) is 0 Å². The van der Waals surface area contributed by atoms with Crippen LogP contribution in [0.3, 0.4) is 0 Å². The standard InChI is InChI=1S/C29H40N4O3/c1-4-29(30,18-24-7-5-23(6-8-24)17-27(34)32-15-13-31-14-16-32)28(35)25-9-11-26(12-10-25)33-19-21(2)36-22(3)20-33/h5-12,21-22,31H,4,13-20,30H2,1-3H3. The van der Waals surface area contributed by atoms with Crippen LogP contribution in [-0.2, 0) is 22.4 Å². The van der Waals surface area contributed by atoms with Gasteiger partial charge in [0.2, 0.25) is 5.91 Å². The maximum absolute atomic E-state index is 13.5. The lowest BCUT2D eigenvalue weighted by Crippen LogP contribution is -2.49. The first-order valence-corrected chi connectivity index (χ1v) is 13.2. The third-order valence-corrected chi connectivity index (χ3v) is 7.36. The SMILES string of the molecule is CCC(N)(Cc1ccc(CC(=O)N2CCNCC2)cc1)C(=O)c1ccc(N2CC(C)OC(C)C2)cc1. The Morgan fingerprint density at radius 2 is 1.56 bits per heavy atom. The van der Waals surface area contributed by atoms with Gasteiger partial charge in [0.05, 0.1) is 24.2 Å². The van der Waals surface area contributed by atoms with Crippen molar-refractivity contribution in [3.05, 3.63) is 65.2 Å². The molecule has 7 nitrogen and oxygen atoms in total. The van der Waals surface area contributed by atoms with E-state index in [1.54, 1.807) is 0 Å². The molecule has 3 N–H and O–H groups in total. The molecule has 2 aromatic rings. The molecule has 36 heavy (non-hydrogen) atoms. The topological polar surface area (TPSA) is 87.9 Å². The molecule has 2 fully saturated rings. The zero-order chi connectivity index (χ0) is 25.7. The molecule has 194 valence electrons. The second-order valence-electron chi connectivity index (χ2n) is 10.3. The maximum atomic E-state index is 13.5. The Labute approximate surface area is 215 Å². The van der Waals surface area contributed by atoms with Gasteiger partial charge in [0.1, 0.15) is 0 Å². The summed E-state index contributed by atoms with van der Waals surface area (Å²) in [5, 5.41) is 3.27. The zero-order valence-corrected chi connectivity index (χ0v) is 21.8. The fourth-order valence-corrected chi connectivity index (χ4v) is 5.21. The van der Waals surface area contributed by atoms with Gasteiger partial charge in [0, 0.05) is 50.5 Å². The van der Waals surface area contributed by atoms with Crippen molar-refractivity contribution in [2.24, 2.45) is 5.73 Å². The molecule has 0 spiro atoms. The molecule has 0 aromatic heterocycles. The molecular weight excluding hydrogens is 452 g/mol. The third kappa shape index (κ3) is 6.33. The second-order valence-corrected chi connectivity index (χ2v) is 10.3.